The van der Waals surface area contributed by atoms with Gasteiger partial charge in [0.2, 0.25) is 0 Å². The first-order valence-corrected chi connectivity index (χ1v) is 8.57. The Labute approximate surface area is 95.0 Å². The van der Waals surface area contributed by atoms with E-state index in [2.05, 4.69) is 70.0 Å². The monoisotopic (exact) mass is 221 g/mol. The molecule has 0 amide bonds. The van der Waals surface area contributed by atoms with Crippen molar-refractivity contribution in [1.82, 2.24) is 0 Å². The minimum absolute atomic E-state index is 0.372. The van der Waals surface area contributed by atoms with Crippen molar-refractivity contribution in [1.29, 1.82) is 0 Å². The van der Waals surface area contributed by atoms with Crippen molar-refractivity contribution in [2.75, 3.05) is 4.98 Å². The van der Waals surface area contributed by atoms with Gasteiger partial charge in [0.15, 0.2) is 8.24 Å². The van der Waals surface area contributed by atoms with Gasteiger partial charge >= 0.3 is 0 Å². The van der Waals surface area contributed by atoms with Gasteiger partial charge in [0.25, 0.3) is 0 Å². The van der Waals surface area contributed by atoms with Crippen molar-refractivity contribution >= 4 is 13.9 Å². The summed E-state index contributed by atoms with van der Waals surface area (Å²) in [5.41, 5.74) is 2.58. The quantitative estimate of drug-likeness (QED) is 0.729. The molecule has 0 saturated heterocycles. The summed E-state index contributed by atoms with van der Waals surface area (Å²) in [5.74, 6) is 0. The van der Waals surface area contributed by atoms with E-state index >= 15 is 0 Å². The lowest BCUT2D eigenvalue weighted by molar-refractivity contribution is 0.723. The fourth-order valence-electron chi connectivity index (χ4n) is 1.27. The normalized spacial score (nSPS) is 12.7. The summed E-state index contributed by atoms with van der Waals surface area (Å²) in [5, 5.41) is 0.372. The maximum atomic E-state index is 3.74. The van der Waals surface area contributed by atoms with Crippen molar-refractivity contribution in [3.63, 3.8) is 0 Å². The SMILES string of the molecule is Cc1cccc(N[Si](C)(C)C(C)(C)C)c1. The summed E-state index contributed by atoms with van der Waals surface area (Å²) in [7, 11) is -1.42. The van der Waals surface area contributed by atoms with Crippen LogP contribution in [0.1, 0.15) is 26.3 Å². The van der Waals surface area contributed by atoms with E-state index < -0.39 is 8.24 Å². The van der Waals surface area contributed by atoms with Gasteiger partial charge in [-0.1, -0.05) is 46.0 Å². The van der Waals surface area contributed by atoms with Crippen molar-refractivity contribution in [3.05, 3.63) is 29.8 Å². The Morgan fingerprint density at radius 1 is 1.13 bits per heavy atom. The third kappa shape index (κ3) is 3.10. The standard InChI is InChI=1S/C13H23NSi/c1-11-8-7-9-12(10-11)14-15(5,6)13(2,3)4/h7-10,14H,1-6H3. The fourth-order valence-corrected chi connectivity index (χ4v) is 2.52. The molecule has 15 heavy (non-hydrogen) atoms. The van der Waals surface area contributed by atoms with Crippen LogP contribution in [0.15, 0.2) is 24.3 Å². The van der Waals surface area contributed by atoms with Crippen LogP contribution in [-0.2, 0) is 0 Å². The molecule has 0 aliphatic carbocycles. The molecule has 84 valence electrons. The molecule has 0 spiro atoms. The topological polar surface area (TPSA) is 12.0 Å². The van der Waals surface area contributed by atoms with Gasteiger partial charge in [-0.25, -0.2) is 0 Å². The summed E-state index contributed by atoms with van der Waals surface area (Å²) in [6, 6.07) is 8.63. The third-order valence-corrected chi connectivity index (χ3v) is 8.01. The number of aryl methyl sites for hydroxylation is 1. The number of hydrogen-bond donors (Lipinski definition) is 1. The summed E-state index contributed by atoms with van der Waals surface area (Å²) in [6.45, 7) is 13.9. The Hall–Kier alpha value is -0.763. The van der Waals surface area contributed by atoms with E-state index in [-0.39, 0.29) is 0 Å². The molecule has 0 aliphatic rings. The first-order chi connectivity index (χ1) is 6.72. The van der Waals surface area contributed by atoms with Gasteiger partial charge in [0.05, 0.1) is 0 Å². The van der Waals surface area contributed by atoms with Crippen LogP contribution >= 0.6 is 0 Å². The van der Waals surface area contributed by atoms with Crippen molar-refractivity contribution in [3.8, 4) is 0 Å². The second-order valence-corrected chi connectivity index (χ2v) is 10.9. The second-order valence-electron chi connectivity index (χ2n) is 5.87. The van der Waals surface area contributed by atoms with Crippen LogP contribution in [0.3, 0.4) is 0 Å². The number of rotatable bonds is 2. The lowest BCUT2D eigenvalue weighted by Gasteiger charge is -2.38. The predicted octanol–water partition coefficient (Wildman–Crippen LogP) is 4.41. The molecule has 0 saturated carbocycles. The van der Waals surface area contributed by atoms with Gasteiger partial charge in [-0.05, 0) is 29.7 Å². The van der Waals surface area contributed by atoms with E-state index in [9.17, 15) is 0 Å². The lowest BCUT2D eigenvalue weighted by atomic mass is 10.2. The van der Waals surface area contributed by atoms with Crippen LogP contribution in [0.25, 0.3) is 0 Å². The Kier molecular flexibility index (Phi) is 3.29. The molecule has 0 radical (unpaired) electrons. The maximum absolute atomic E-state index is 3.74. The molecular formula is C13H23NSi. The Morgan fingerprint density at radius 3 is 2.20 bits per heavy atom. The highest BCUT2D eigenvalue weighted by atomic mass is 28.3. The smallest absolute Gasteiger partial charge is 0.152 e. The van der Waals surface area contributed by atoms with Crippen LogP contribution in [0.2, 0.25) is 18.1 Å². The molecule has 2 heteroatoms. The minimum Gasteiger partial charge on any atom is -0.410 e. The van der Waals surface area contributed by atoms with E-state index in [1.165, 1.54) is 11.3 Å². The molecule has 0 aliphatic heterocycles. The number of hydrogen-bond acceptors (Lipinski definition) is 1. The highest BCUT2D eigenvalue weighted by Crippen LogP contribution is 2.36. The van der Waals surface area contributed by atoms with Gasteiger partial charge in [0, 0.05) is 5.69 Å². The molecular weight excluding hydrogens is 198 g/mol. The van der Waals surface area contributed by atoms with E-state index in [0.29, 0.717) is 5.04 Å². The van der Waals surface area contributed by atoms with Crippen molar-refractivity contribution < 1.29 is 0 Å². The number of benzene rings is 1. The molecule has 1 rings (SSSR count). The van der Waals surface area contributed by atoms with Crippen LogP contribution in [0, 0.1) is 6.92 Å². The lowest BCUT2D eigenvalue weighted by Crippen LogP contribution is -2.45. The third-order valence-electron chi connectivity index (χ3n) is 3.35. The van der Waals surface area contributed by atoms with Gasteiger partial charge in [-0.3, -0.25) is 0 Å². The first kappa shape index (κ1) is 12.3. The molecule has 0 heterocycles. The molecule has 1 nitrogen and oxygen atoms in total. The first-order valence-electron chi connectivity index (χ1n) is 5.57. The van der Waals surface area contributed by atoms with Gasteiger partial charge in [-0.15, -0.1) is 0 Å². The molecule has 1 aromatic carbocycles. The zero-order chi connectivity index (χ0) is 11.7. The molecule has 0 atom stereocenters. The van der Waals surface area contributed by atoms with E-state index in [4.69, 9.17) is 0 Å². The zero-order valence-corrected chi connectivity index (χ0v) is 11.8. The molecule has 1 aromatic rings. The second kappa shape index (κ2) is 4.01. The fraction of sp³-hybridized carbons (Fsp3) is 0.538. The van der Waals surface area contributed by atoms with Crippen LogP contribution in [-0.4, -0.2) is 8.24 Å². The summed E-state index contributed by atoms with van der Waals surface area (Å²) < 4.78 is 0. The van der Waals surface area contributed by atoms with E-state index in [0.717, 1.165) is 0 Å². The predicted molar refractivity (Wildman–Crippen MR) is 72.0 cm³/mol. The molecule has 0 aromatic heterocycles. The highest BCUT2D eigenvalue weighted by Gasteiger charge is 2.35. The minimum atomic E-state index is -1.42. The number of anilines is 1. The Bertz CT molecular complexity index is 337. The van der Waals surface area contributed by atoms with E-state index in [1.807, 2.05) is 0 Å². The summed E-state index contributed by atoms with van der Waals surface area (Å²) >= 11 is 0. The highest BCUT2D eigenvalue weighted by molar-refractivity contribution is 6.83. The summed E-state index contributed by atoms with van der Waals surface area (Å²) in [6.07, 6.45) is 0. The molecule has 0 fully saturated rings. The van der Waals surface area contributed by atoms with Crippen LogP contribution in [0.4, 0.5) is 5.69 Å². The number of nitrogens with one attached hydrogen (secondary N) is 1. The Balaban J connectivity index is 2.87. The largest absolute Gasteiger partial charge is 0.410 e. The van der Waals surface area contributed by atoms with Crippen LogP contribution < -0.4 is 4.98 Å². The average molecular weight is 221 g/mol. The Morgan fingerprint density at radius 2 is 1.73 bits per heavy atom. The van der Waals surface area contributed by atoms with Gasteiger partial charge in [0.1, 0.15) is 0 Å². The summed E-state index contributed by atoms with van der Waals surface area (Å²) in [4.78, 5) is 3.74. The molecule has 0 bridgehead atoms. The van der Waals surface area contributed by atoms with E-state index in [1.54, 1.807) is 0 Å². The van der Waals surface area contributed by atoms with Crippen molar-refractivity contribution in [2.45, 2.75) is 45.8 Å². The zero-order valence-electron chi connectivity index (χ0n) is 10.8. The van der Waals surface area contributed by atoms with Crippen LogP contribution in [0.5, 0.6) is 0 Å². The van der Waals surface area contributed by atoms with Gasteiger partial charge < -0.3 is 4.98 Å². The van der Waals surface area contributed by atoms with Crippen molar-refractivity contribution in [2.24, 2.45) is 0 Å². The average Bonchev–Trinajstić information content (AvgIpc) is 2.00. The molecule has 1 N–H and O–H groups in total. The maximum Gasteiger partial charge on any atom is 0.152 e. The molecule has 0 unspecified atom stereocenters. The van der Waals surface area contributed by atoms with Gasteiger partial charge in [-0.2, -0.15) is 0 Å².